The van der Waals surface area contributed by atoms with Gasteiger partial charge in [0, 0.05) is 31.2 Å². The van der Waals surface area contributed by atoms with Gasteiger partial charge < -0.3 is 19.8 Å². The van der Waals surface area contributed by atoms with Crippen molar-refractivity contribution in [1.29, 1.82) is 0 Å². The van der Waals surface area contributed by atoms with Crippen molar-refractivity contribution in [3.63, 3.8) is 0 Å². The van der Waals surface area contributed by atoms with Crippen LogP contribution in [0.3, 0.4) is 0 Å². The summed E-state index contributed by atoms with van der Waals surface area (Å²) in [6.45, 7) is 2.86. The Labute approximate surface area is 110 Å². The lowest BCUT2D eigenvalue weighted by Crippen LogP contribution is -2.54. The van der Waals surface area contributed by atoms with Crippen LogP contribution in [-0.4, -0.2) is 38.3 Å². The lowest BCUT2D eigenvalue weighted by atomic mass is 9.85. The quantitative estimate of drug-likeness (QED) is 0.840. The van der Waals surface area contributed by atoms with E-state index in [0.717, 1.165) is 12.2 Å². The molecule has 1 aromatic heterocycles. The molecule has 0 amide bonds. The van der Waals surface area contributed by atoms with E-state index >= 15 is 0 Å². The van der Waals surface area contributed by atoms with E-state index in [4.69, 9.17) is 14.9 Å². The van der Waals surface area contributed by atoms with Crippen LogP contribution in [0.15, 0.2) is 27.4 Å². The Morgan fingerprint density at radius 3 is 2.89 bits per heavy atom. The van der Waals surface area contributed by atoms with Crippen LogP contribution in [0.1, 0.15) is 0 Å². The van der Waals surface area contributed by atoms with Crippen molar-refractivity contribution in [3.05, 3.63) is 28.7 Å². The number of fused-ring (bicyclic) bond motifs is 1. The summed E-state index contributed by atoms with van der Waals surface area (Å²) in [6.07, 6.45) is 0. The number of rotatable bonds is 4. The Hall–Kier alpha value is -1.79. The maximum Gasteiger partial charge on any atom is 0.417 e. The van der Waals surface area contributed by atoms with Crippen molar-refractivity contribution in [2.75, 3.05) is 38.3 Å². The number of nitrogens with two attached hydrogens (primary N) is 1. The summed E-state index contributed by atoms with van der Waals surface area (Å²) in [5.41, 5.74) is 8.17. The number of nitrogens with zero attached hydrogens (tertiary/aromatic N) is 1. The van der Waals surface area contributed by atoms with Gasteiger partial charge in [0.05, 0.1) is 18.7 Å². The van der Waals surface area contributed by atoms with Crippen LogP contribution >= 0.6 is 0 Å². The zero-order valence-corrected chi connectivity index (χ0v) is 10.8. The highest BCUT2D eigenvalue weighted by molar-refractivity contribution is 5.77. The van der Waals surface area contributed by atoms with Crippen LogP contribution < -0.4 is 16.4 Å². The van der Waals surface area contributed by atoms with Gasteiger partial charge in [-0.15, -0.1) is 0 Å². The summed E-state index contributed by atoms with van der Waals surface area (Å²) in [5, 5.41) is 0. The van der Waals surface area contributed by atoms with Gasteiger partial charge in [0.1, 0.15) is 0 Å². The van der Waals surface area contributed by atoms with Crippen molar-refractivity contribution < 1.29 is 9.15 Å². The van der Waals surface area contributed by atoms with E-state index in [1.165, 1.54) is 0 Å². The van der Waals surface area contributed by atoms with Crippen molar-refractivity contribution in [3.8, 4) is 0 Å². The average molecular weight is 263 g/mol. The molecular formula is C13H17N3O3. The van der Waals surface area contributed by atoms with Gasteiger partial charge in [-0.25, -0.2) is 4.79 Å². The van der Waals surface area contributed by atoms with E-state index < -0.39 is 5.76 Å². The van der Waals surface area contributed by atoms with Gasteiger partial charge >= 0.3 is 5.76 Å². The molecule has 0 atom stereocenters. The molecule has 3 N–H and O–H groups in total. The lowest BCUT2D eigenvalue weighted by molar-refractivity contribution is -0.101. The minimum atomic E-state index is -0.430. The zero-order valence-electron chi connectivity index (χ0n) is 10.8. The summed E-state index contributed by atoms with van der Waals surface area (Å²) < 4.78 is 10.3. The van der Waals surface area contributed by atoms with Gasteiger partial charge in [0.2, 0.25) is 0 Å². The molecule has 1 aliphatic heterocycles. The minimum absolute atomic E-state index is 0.0491. The summed E-state index contributed by atoms with van der Waals surface area (Å²) in [6, 6.07) is 5.64. The first-order chi connectivity index (χ1) is 9.12. The van der Waals surface area contributed by atoms with Crippen molar-refractivity contribution in [2.45, 2.75) is 0 Å². The number of hydrogen-bond acceptors (Lipinski definition) is 5. The molecule has 1 saturated heterocycles. The molecule has 3 rings (SSSR count). The smallest absolute Gasteiger partial charge is 0.408 e. The SMILES string of the molecule is CN(CC1(CN)COC1)c1ccc2oc(=O)[nH]c2c1. The fourth-order valence-corrected chi connectivity index (χ4v) is 2.44. The number of H-pyrrole nitrogens is 1. The predicted molar refractivity (Wildman–Crippen MR) is 72.4 cm³/mol. The third kappa shape index (κ3) is 2.13. The summed E-state index contributed by atoms with van der Waals surface area (Å²) >= 11 is 0. The van der Waals surface area contributed by atoms with Crippen molar-refractivity contribution >= 4 is 16.8 Å². The van der Waals surface area contributed by atoms with E-state index in [-0.39, 0.29) is 5.41 Å². The molecule has 0 radical (unpaired) electrons. The Morgan fingerprint density at radius 2 is 2.26 bits per heavy atom. The number of ether oxygens (including phenoxy) is 1. The molecule has 6 nitrogen and oxygen atoms in total. The number of aromatic amines is 1. The average Bonchev–Trinajstić information content (AvgIpc) is 2.72. The van der Waals surface area contributed by atoms with Crippen LogP contribution in [0, 0.1) is 5.41 Å². The number of oxazole rings is 1. The fourth-order valence-electron chi connectivity index (χ4n) is 2.44. The number of aromatic nitrogens is 1. The van der Waals surface area contributed by atoms with Crippen molar-refractivity contribution in [2.24, 2.45) is 11.1 Å². The Balaban J connectivity index is 1.84. The maximum atomic E-state index is 11.1. The number of anilines is 1. The first kappa shape index (κ1) is 12.3. The van der Waals surface area contributed by atoms with Crippen LogP contribution in [0.25, 0.3) is 11.1 Å². The Bertz CT molecular complexity index is 636. The van der Waals surface area contributed by atoms with E-state index in [0.29, 0.717) is 30.9 Å². The van der Waals surface area contributed by atoms with Gasteiger partial charge in [-0.3, -0.25) is 4.98 Å². The minimum Gasteiger partial charge on any atom is -0.408 e. The number of benzene rings is 1. The highest BCUT2D eigenvalue weighted by atomic mass is 16.5. The molecular weight excluding hydrogens is 246 g/mol. The second kappa shape index (κ2) is 4.40. The standard InChI is InChI=1S/C13H17N3O3/c1-16(6-13(5-14)7-18-8-13)9-2-3-11-10(4-9)15-12(17)19-11/h2-4H,5-8,14H2,1H3,(H,15,17). The highest BCUT2D eigenvalue weighted by Crippen LogP contribution is 2.29. The molecule has 1 aliphatic rings. The zero-order chi connectivity index (χ0) is 13.5. The number of nitrogens with one attached hydrogen (secondary N) is 1. The Kier molecular flexibility index (Phi) is 2.83. The summed E-state index contributed by atoms with van der Waals surface area (Å²) in [4.78, 5) is 15.9. The lowest BCUT2D eigenvalue weighted by Gasteiger charge is -2.43. The van der Waals surface area contributed by atoms with Crippen LogP contribution in [-0.2, 0) is 4.74 Å². The largest absolute Gasteiger partial charge is 0.417 e. The molecule has 0 unspecified atom stereocenters. The topological polar surface area (TPSA) is 84.5 Å². The fraction of sp³-hybridized carbons (Fsp3) is 0.462. The molecule has 0 spiro atoms. The molecule has 102 valence electrons. The maximum absolute atomic E-state index is 11.1. The van der Waals surface area contributed by atoms with E-state index in [9.17, 15) is 4.79 Å². The molecule has 6 heteroatoms. The van der Waals surface area contributed by atoms with Gasteiger partial charge in [0.25, 0.3) is 0 Å². The van der Waals surface area contributed by atoms with Crippen molar-refractivity contribution in [1.82, 2.24) is 4.98 Å². The molecule has 0 bridgehead atoms. The predicted octanol–water partition coefficient (Wildman–Crippen LogP) is 0.533. The first-order valence-corrected chi connectivity index (χ1v) is 6.24. The second-order valence-corrected chi connectivity index (χ2v) is 5.25. The first-order valence-electron chi connectivity index (χ1n) is 6.24. The molecule has 19 heavy (non-hydrogen) atoms. The van der Waals surface area contributed by atoms with E-state index in [1.54, 1.807) is 6.07 Å². The van der Waals surface area contributed by atoms with Crippen LogP contribution in [0.2, 0.25) is 0 Å². The van der Waals surface area contributed by atoms with Gasteiger partial charge in [-0.05, 0) is 18.2 Å². The molecule has 0 aliphatic carbocycles. The third-order valence-electron chi connectivity index (χ3n) is 3.67. The van der Waals surface area contributed by atoms with E-state index in [1.807, 2.05) is 19.2 Å². The second-order valence-electron chi connectivity index (χ2n) is 5.25. The monoisotopic (exact) mass is 263 g/mol. The molecule has 2 aromatic rings. The van der Waals surface area contributed by atoms with Gasteiger partial charge in [-0.1, -0.05) is 0 Å². The highest BCUT2D eigenvalue weighted by Gasteiger charge is 2.38. The van der Waals surface area contributed by atoms with Gasteiger partial charge in [0.15, 0.2) is 5.58 Å². The van der Waals surface area contributed by atoms with E-state index in [2.05, 4.69) is 9.88 Å². The summed E-state index contributed by atoms with van der Waals surface area (Å²) in [7, 11) is 2.01. The molecule has 0 saturated carbocycles. The molecule has 2 heterocycles. The van der Waals surface area contributed by atoms with Crippen LogP contribution in [0.4, 0.5) is 5.69 Å². The summed E-state index contributed by atoms with van der Waals surface area (Å²) in [5.74, 6) is -0.430. The Morgan fingerprint density at radius 1 is 1.47 bits per heavy atom. The number of hydrogen-bond donors (Lipinski definition) is 2. The molecule has 1 aromatic carbocycles. The van der Waals surface area contributed by atoms with Gasteiger partial charge in [-0.2, -0.15) is 0 Å². The normalized spacial score (nSPS) is 17.4. The molecule has 1 fully saturated rings. The third-order valence-corrected chi connectivity index (χ3v) is 3.67. The van der Waals surface area contributed by atoms with Crippen LogP contribution in [0.5, 0.6) is 0 Å².